The molecule has 0 atom stereocenters. The first-order valence-electron chi connectivity index (χ1n) is 7.39. The number of nitrogens with one attached hydrogen (secondary N) is 1. The number of nitrogens with zero attached hydrogens (tertiary/aromatic N) is 5. The van der Waals surface area contributed by atoms with Gasteiger partial charge in [-0.25, -0.2) is 26.9 Å². The molecule has 1 aromatic carbocycles. The summed E-state index contributed by atoms with van der Waals surface area (Å²) in [5.41, 5.74) is -0.386. The minimum absolute atomic E-state index is 0.191. The van der Waals surface area contributed by atoms with E-state index in [0.29, 0.717) is 16.5 Å². The van der Waals surface area contributed by atoms with Gasteiger partial charge in [0.1, 0.15) is 30.8 Å². The van der Waals surface area contributed by atoms with Crippen molar-refractivity contribution in [1.82, 2.24) is 23.2 Å². The zero-order valence-corrected chi connectivity index (χ0v) is 16.5. The third kappa shape index (κ3) is 4.67. The summed E-state index contributed by atoms with van der Waals surface area (Å²) in [7, 11) is -4.81. The van der Waals surface area contributed by atoms with E-state index in [0.717, 1.165) is 23.5 Å². The first-order valence-corrected chi connectivity index (χ1v) is 10.3. The van der Waals surface area contributed by atoms with Crippen molar-refractivity contribution in [1.29, 1.82) is 0 Å². The molecule has 0 bridgehead atoms. The highest BCUT2D eigenvalue weighted by atomic mass is 32.2. The smallest absolute Gasteiger partial charge is 0.323 e. The normalized spacial score (nSPS) is 13.1. The Labute approximate surface area is 159 Å². The molecule has 15 heteroatoms. The maximum atomic E-state index is 13.9. The molecule has 0 unspecified atom stereocenters. The second-order valence-corrected chi connectivity index (χ2v) is 9.02. The van der Waals surface area contributed by atoms with E-state index in [4.69, 9.17) is 0 Å². The standard InChI is InChI=1S/C13H16F2N6O5S2/c1-20(2)28(24,25)21-8-16-13(18-21)27(22,23)17-7-12(19-26-3)10-5-4-9(14)6-11(10)15/h4-6,8,17H,7H2,1-3H3/b19-12+. The minimum atomic E-state index is -4.38. The Hall–Kier alpha value is -2.49. The molecule has 0 radical (unpaired) electrons. The number of hydrogen-bond donors (Lipinski definition) is 1. The highest BCUT2D eigenvalue weighted by Crippen LogP contribution is 2.12. The van der Waals surface area contributed by atoms with Gasteiger partial charge in [-0.05, 0) is 12.1 Å². The predicted molar refractivity (Wildman–Crippen MR) is 93.1 cm³/mol. The monoisotopic (exact) mass is 438 g/mol. The molecule has 1 aromatic heterocycles. The molecular formula is C13H16F2N6O5S2. The summed E-state index contributed by atoms with van der Waals surface area (Å²) in [6.45, 7) is -0.562. The zero-order valence-electron chi connectivity index (χ0n) is 14.9. The predicted octanol–water partition coefficient (Wildman–Crippen LogP) is -0.460. The van der Waals surface area contributed by atoms with E-state index >= 15 is 0 Å². The van der Waals surface area contributed by atoms with Gasteiger partial charge in [0.25, 0.3) is 15.2 Å². The third-order valence-corrected chi connectivity index (χ3v) is 6.03. The van der Waals surface area contributed by atoms with Gasteiger partial charge in [0.2, 0.25) is 0 Å². The summed E-state index contributed by atoms with van der Waals surface area (Å²) in [5.74, 6) is -1.80. The molecule has 0 aliphatic rings. The average Bonchev–Trinajstić information content (AvgIpc) is 3.11. The Morgan fingerprint density at radius 2 is 1.96 bits per heavy atom. The van der Waals surface area contributed by atoms with E-state index in [-0.39, 0.29) is 11.3 Å². The zero-order chi connectivity index (χ0) is 21.1. The van der Waals surface area contributed by atoms with Gasteiger partial charge in [-0.15, -0.1) is 9.19 Å². The number of hydrogen-bond acceptors (Lipinski definition) is 8. The summed E-state index contributed by atoms with van der Waals surface area (Å²) in [6.07, 6.45) is 0.716. The van der Waals surface area contributed by atoms with Crippen molar-refractivity contribution in [3.05, 3.63) is 41.7 Å². The summed E-state index contributed by atoms with van der Waals surface area (Å²) in [6, 6.07) is 2.63. The Morgan fingerprint density at radius 1 is 1.29 bits per heavy atom. The molecule has 0 amide bonds. The van der Waals surface area contributed by atoms with Crippen molar-refractivity contribution in [3.8, 4) is 0 Å². The van der Waals surface area contributed by atoms with Crippen LogP contribution in [0.15, 0.2) is 34.8 Å². The minimum Gasteiger partial charge on any atom is -0.399 e. The Kier molecular flexibility index (Phi) is 6.43. The third-order valence-electron chi connectivity index (χ3n) is 3.26. The van der Waals surface area contributed by atoms with Gasteiger partial charge in [0.05, 0.1) is 6.54 Å². The van der Waals surface area contributed by atoms with Gasteiger partial charge in [-0.1, -0.05) is 5.16 Å². The summed E-state index contributed by atoms with van der Waals surface area (Å²) in [4.78, 5) is 8.03. The van der Waals surface area contributed by atoms with E-state index in [2.05, 4.69) is 20.1 Å². The van der Waals surface area contributed by atoms with Gasteiger partial charge >= 0.3 is 10.2 Å². The molecule has 0 spiro atoms. The largest absolute Gasteiger partial charge is 0.399 e. The SMILES string of the molecule is CO/N=C(\CNS(=O)(=O)c1ncn(S(=O)(=O)N(C)C)n1)c1ccc(F)cc1F. The van der Waals surface area contributed by atoms with Gasteiger partial charge in [0.15, 0.2) is 0 Å². The average molecular weight is 438 g/mol. The van der Waals surface area contributed by atoms with E-state index in [1.54, 1.807) is 0 Å². The molecule has 1 heterocycles. The number of benzene rings is 1. The van der Waals surface area contributed by atoms with Crippen LogP contribution >= 0.6 is 0 Å². The lowest BCUT2D eigenvalue weighted by Crippen LogP contribution is -2.32. The molecule has 2 rings (SSSR count). The van der Waals surface area contributed by atoms with Crippen molar-refractivity contribution < 1.29 is 30.5 Å². The van der Waals surface area contributed by atoms with Crippen molar-refractivity contribution in [3.63, 3.8) is 0 Å². The first kappa shape index (κ1) is 21.8. The Balaban J connectivity index is 2.26. The summed E-state index contributed by atoms with van der Waals surface area (Å²) < 4.78 is 78.7. The molecule has 28 heavy (non-hydrogen) atoms. The van der Waals surface area contributed by atoms with Gasteiger partial charge < -0.3 is 4.84 Å². The summed E-state index contributed by atoms with van der Waals surface area (Å²) >= 11 is 0. The molecule has 2 aromatic rings. The van der Waals surface area contributed by atoms with Crippen molar-refractivity contribution in [2.75, 3.05) is 27.7 Å². The lowest BCUT2D eigenvalue weighted by Gasteiger charge is -2.10. The number of sulfonamides is 1. The van der Waals surface area contributed by atoms with Crippen LogP contribution in [0.2, 0.25) is 0 Å². The maximum Gasteiger partial charge on any atom is 0.323 e. The van der Waals surface area contributed by atoms with Crippen LogP contribution in [-0.4, -0.2) is 68.8 Å². The van der Waals surface area contributed by atoms with Crippen LogP contribution in [0, 0.1) is 11.6 Å². The fourth-order valence-electron chi connectivity index (χ4n) is 1.87. The molecule has 0 aliphatic heterocycles. The second kappa shape index (κ2) is 8.26. The second-order valence-electron chi connectivity index (χ2n) is 5.36. The van der Waals surface area contributed by atoms with Crippen LogP contribution in [-0.2, 0) is 25.1 Å². The molecule has 1 N–H and O–H groups in total. The number of aromatic nitrogens is 3. The Morgan fingerprint density at radius 3 is 2.54 bits per heavy atom. The van der Waals surface area contributed by atoms with Crippen molar-refractivity contribution in [2.45, 2.75) is 5.16 Å². The Bertz CT molecular complexity index is 1100. The van der Waals surface area contributed by atoms with Gasteiger partial charge in [0, 0.05) is 25.7 Å². The molecule has 0 saturated carbocycles. The quantitative estimate of drug-likeness (QED) is 0.435. The van der Waals surface area contributed by atoms with Crippen LogP contribution < -0.4 is 4.72 Å². The van der Waals surface area contributed by atoms with E-state index in [1.165, 1.54) is 14.1 Å². The van der Waals surface area contributed by atoms with Crippen LogP contribution in [0.5, 0.6) is 0 Å². The molecule has 154 valence electrons. The van der Waals surface area contributed by atoms with E-state index in [9.17, 15) is 25.6 Å². The fourth-order valence-corrected chi connectivity index (χ4v) is 3.44. The molecule has 0 aliphatic carbocycles. The van der Waals surface area contributed by atoms with Gasteiger partial charge in [-0.3, -0.25) is 0 Å². The van der Waals surface area contributed by atoms with Crippen LogP contribution in [0.3, 0.4) is 0 Å². The van der Waals surface area contributed by atoms with Crippen LogP contribution in [0.25, 0.3) is 0 Å². The van der Waals surface area contributed by atoms with Crippen LogP contribution in [0.4, 0.5) is 8.78 Å². The molecule has 0 fully saturated rings. The van der Waals surface area contributed by atoms with Crippen molar-refractivity contribution >= 4 is 25.9 Å². The maximum absolute atomic E-state index is 13.9. The molecular weight excluding hydrogens is 422 g/mol. The van der Waals surface area contributed by atoms with Crippen LogP contribution in [0.1, 0.15) is 5.56 Å². The topological polar surface area (TPSA) is 136 Å². The highest BCUT2D eigenvalue weighted by Gasteiger charge is 2.25. The lowest BCUT2D eigenvalue weighted by atomic mass is 10.1. The number of rotatable bonds is 8. The number of oxime groups is 1. The lowest BCUT2D eigenvalue weighted by molar-refractivity contribution is 0.213. The number of halogens is 2. The van der Waals surface area contributed by atoms with Crippen molar-refractivity contribution in [2.24, 2.45) is 5.16 Å². The highest BCUT2D eigenvalue weighted by molar-refractivity contribution is 7.89. The molecule has 11 nitrogen and oxygen atoms in total. The van der Waals surface area contributed by atoms with E-state index in [1.807, 2.05) is 4.72 Å². The van der Waals surface area contributed by atoms with Gasteiger partial charge in [-0.2, -0.15) is 12.7 Å². The fraction of sp³-hybridized carbons (Fsp3) is 0.308. The first-order chi connectivity index (χ1) is 13.0. The summed E-state index contributed by atoms with van der Waals surface area (Å²) in [5, 5.41) is 6.13. The van der Waals surface area contributed by atoms with E-state index < -0.39 is 43.6 Å². The molecule has 0 saturated heterocycles.